The van der Waals surface area contributed by atoms with E-state index in [0.29, 0.717) is 5.92 Å². The summed E-state index contributed by atoms with van der Waals surface area (Å²) in [7, 11) is 0. The number of rotatable bonds is 7. The van der Waals surface area contributed by atoms with Crippen molar-refractivity contribution in [1.82, 2.24) is 10.3 Å². The number of hydrogen-bond donors (Lipinski definition) is 1. The minimum Gasteiger partial charge on any atom is -0.486 e. The monoisotopic (exact) mass is 326 g/mol. The first kappa shape index (κ1) is 14.8. The highest BCUT2D eigenvalue weighted by atomic mass is 79.9. The lowest BCUT2D eigenvalue weighted by Crippen LogP contribution is -2.45. The average Bonchev–Trinajstić information content (AvgIpc) is 2.31. The Labute approximate surface area is 124 Å². The number of halogens is 1. The van der Waals surface area contributed by atoms with Crippen LogP contribution in [0.15, 0.2) is 22.9 Å². The second-order valence-electron chi connectivity index (χ2n) is 5.83. The summed E-state index contributed by atoms with van der Waals surface area (Å²) in [5.74, 6) is 1.57. The van der Waals surface area contributed by atoms with Crippen molar-refractivity contribution in [3.05, 3.63) is 22.9 Å². The van der Waals surface area contributed by atoms with Crippen LogP contribution in [-0.4, -0.2) is 23.7 Å². The van der Waals surface area contributed by atoms with E-state index in [0.717, 1.165) is 42.6 Å². The molecule has 1 fully saturated rings. The molecule has 0 aromatic carbocycles. The van der Waals surface area contributed by atoms with Crippen LogP contribution >= 0.6 is 15.9 Å². The number of pyridine rings is 1. The van der Waals surface area contributed by atoms with Gasteiger partial charge in [0, 0.05) is 10.7 Å². The predicted molar refractivity (Wildman–Crippen MR) is 81.5 cm³/mol. The van der Waals surface area contributed by atoms with E-state index in [1.165, 1.54) is 6.42 Å². The number of nitrogens with one attached hydrogen (secondary N) is 1. The normalized spacial score (nSPS) is 17.3. The highest BCUT2D eigenvalue weighted by molar-refractivity contribution is 9.10. The molecule has 106 valence electrons. The SMILES string of the molecule is CC(C)CNCCC1(Oc2cncc(Br)c2)CCC1. The lowest BCUT2D eigenvalue weighted by molar-refractivity contribution is -0.0146. The van der Waals surface area contributed by atoms with E-state index < -0.39 is 0 Å². The molecule has 0 atom stereocenters. The van der Waals surface area contributed by atoms with Crippen LogP contribution < -0.4 is 10.1 Å². The number of ether oxygens (including phenoxy) is 1. The fraction of sp³-hybridized carbons (Fsp3) is 0.667. The van der Waals surface area contributed by atoms with Gasteiger partial charge in [0.1, 0.15) is 11.4 Å². The van der Waals surface area contributed by atoms with Crippen LogP contribution in [0, 0.1) is 5.92 Å². The fourth-order valence-corrected chi connectivity index (χ4v) is 2.72. The van der Waals surface area contributed by atoms with Crippen LogP contribution in [0.5, 0.6) is 5.75 Å². The minimum atomic E-state index is 0.0342. The van der Waals surface area contributed by atoms with Crippen molar-refractivity contribution < 1.29 is 4.74 Å². The summed E-state index contributed by atoms with van der Waals surface area (Å²) in [6.45, 7) is 6.57. The van der Waals surface area contributed by atoms with E-state index in [9.17, 15) is 0 Å². The van der Waals surface area contributed by atoms with Crippen molar-refractivity contribution in [2.75, 3.05) is 13.1 Å². The fourth-order valence-electron chi connectivity index (χ4n) is 2.38. The second-order valence-corrected chi connectivity index (χ2v) is 6.74. The van der Waals surface area contributed by atoms with E-state index in [1.807, 2.05) is 6.07 Å². The van der Waals surface area contributed by atoms with Crippen LogP contribution in [-0.2, 0) is 0 Å². The van der Waals surface area contributed by atoms with Crippen LogP contribution in [0.2, 0.25) is 0 Å². The van der Waals surface area contributed by atoms with Gasteiger partial charge in [-0.05, 0) is 66.7 Å². The molecule has 1 aliphatic carbocycles. The Hall–Kier alpha value is -0.610. The average molecular weight is 327 g/mol. The topological polar surface area (TPSA) is 34.1 Å². The Morgan fingerprint density at radius 1 is 1.42 bits per heavy atom. The third-order valence-corrected chi connectivity index (χ3v) is 4.02. The molecule has 0 aliphatic heterocycles. The molecular formula is C15H23BrN2O. The molecule has 0 unspecified atom stereocenters. The Kier molecular flexibility index (Phi) is 5.22. The van der Waals surface area contributed by atoms with Gasteiger partial charge in [-0.1, -0.05) is 13.8 Å². The lowest BCUT2D eigenvalue weighted by Gasteiger charge is -2.42. The molecule has 4 heteroatoms. The zero-order valence-electron chi connectivity index (χ0n) is 11.8. The Morgan fingerprint density at radius 2 is 2.21 bits per heavy atom. The van der Waals surface area contributed by atoms with E-state index in [-0.39, 0.29) is 5.60 Å². The number of nitrogens with zero attached hydrogens (tertiary/aromatic N) is 1. The van der Waals surface area contributed by atoms with Gasteiger partial charge in [0.15, 0.2) is 0 Å². The molecular weight excluding hydrogens is 304 g/mol. The Balaban J connectivity index is 1.84. The van der Waals surface area contributed by atoms with Crippen molar-refractivity contribution in [3.8, 4) is 5.75 Å². The van der Waals surface area contributed by atoms with Crippen molar-refractivity contribution in [3.63, 3.8) is 0 Å². The van der Waals surface area contributed by atoms with E-state index in [1.54, 1.807) is 12.4 Å². The summed E-state index contributed by atoms with van der Waals surface area (Å²) in [5.41, 5.74) is 0.0342. The third kappa shape index (κ3) is 4.46. The molecule has 1 saturated carbocycles. The van der Waals surface area contributed by atoms with E-state index >= 15 is 0 Å². The van der Waals surface area contributed by atoms with Crippen molar-refractivity contribution >= 4 is 15.9 Å². The third-order valence-electron chi connectivity index (χ3n) is 3.59. The van der Waals surface area contributed by atoms with Gasteiger partial charge in [-0.25, -0.2) is 0 Å². The van der Waals surface area contributed by atoms with Crippen molar-refractivity contribution in [2.45, 2.75) is 45.1 Å². The van der Waals surface area contributed by atoms with Gasteiger partial charge in [-0.2, -0.15) is 0 Å². The van der Waals surface area contributed by atoms with E-state index in [4.69, 9.17) is 4.74 Å². The first-order valence-electron chi connectivity index (χ1n) is 7.10. The summed E-state index contributed by atoms with van der Waals surface area (Å²) in [5, 5.41) is 3.50. The Morgan fingerprint density at radius 3 is 2.79 bits per heavy atom. The highest BCUT2D eigenvalue weighted by Crippen LogP contribution is 2.39. The molecule has 1 aliphatic rings. The maximum Gasteiger partial charge on any atom is 0.139 e. The van der Waals surface area contributed by atoms with Crippen LogP contribution in [0.1, 0.15) is 39.5 Å². The van der Waals surface area contributed by atoms with Crippen LogP contribution in [0.25, 0.3) is 0 Å². The summed E-state index contributed by atoms with van der Waals surface area (Å²) in [6.07, 6.45) is 8.24. The standard InChI is InChI=1S/C15H23BrN2O/c1-12(2)9-17-7-6-15(4-3-5-15)19-14-8-13(16)10-18-11-14/h8,10-12,17H,3-7,9H2,1-2H3. The largest absolute Gasteiger partial charge is 0.486 e. The quantitative estimate of drug-likeness (QED) is 0.774. The molecule has 0 bridgehead atoms. The summed E-state index contributed by atoms with van der Waals surface area (Å²) in [6, 6.07) is 1.99. The highest BCUT2D eigenvalue weighted by Gasteiger charge is 2.38. The smallest absolute Gasteiger partial charge is 0.139 e. The molecule has 2 rings (SSSR count). The first-order chi connectivity index (χ1) is 9.10. The molecule has 3 nitrogen and oxygen atoms in total. The first-order valence-corrected chi connectivity index (χ1v) is 7.89. The van der Waals surface area contributed by atoms with Crippen LogP contribution in [0.4, 0.5) is 0 Å². The van der Waals surface area contributed by atoms with Gasteiger partial charge in [-0.15, -0.1) is 0 Å². The predicted octanol–water partition coefficient (Wildman–Crippen LogP) is 3.78. The van der Waals surface area contributed by atoms with E-state index in [2.05, 4.69) is 40.1 Å². The van der Waals surface area contributed by atoms with Gasteiger partial charge < -0.3 is 10.1 Å². The molecule has 1 aromatic rings. The summed E-state index contributed by atoms with van der Waals surface area (Å²) < 4.78 is 7.16. The minimum absolute atomic E-state index is 0.0342. The number of aromatic nitrogens is 1. The number of hydrogen-bond acceptors (Lipinski definition) is 3. The molecule has 0 saturated heterocycles. The van der Waals surface area contributed by atoms with Crippen molar-refractivity contribution in [2.24, 2.45) is 5.92 Å². The van der Waals surface area contributed by atoms with Gasteiger partial charge >= 0.3 is 0 Å². The molecule has 1 heterocycles. The van der Waals surface area contributed by atoms with Gasteiger partial charge in [0.2, 0.25) is 0 Å². The molecule has 19 heavy (non-hydrogen) atoms. The molecule has 0 amide bonds. The zero-order valence-corrected chi connectivity index (χ0v) is 13.4. The van der Waals surface area contributed by atoms with Crippen molar-refractivity contribution in [1.29, 1.82) is 0 Å². The van der Waals surface area contributed by atoms with Gasteiger partial charge in [0.05, 0.1) is 6.20 Å². The van der Waals surface area contributed by atoms with Gasteiger partial charge in [-0.3, -0.25) is 4.98 Å². The lowest BCUT2D eigenvalue weighted by atomic mass is 9.77. The van der Waals surface area contributed by atoms with Crippen LogP contribution in [0.3, 0.4) is 0 Å². The summed E-state index contributed by atoms with van der Waals surface area (Å²) >= 11 is 3.43. The van der Waals surface area contributed by atoms with Gasteiger partial charge in [0.25, 0.3) is 0 Å². The molecule has 1 aromatic heterocycles. The molecule has 1 N–H and O–H groups in total. The summed E-state index contributed by atoms with van der Waals surface area (Å²) in [4.78, 5) is 4.16. The molecule has 0 radical (unpaired) electrons. The maximum atomic E-state index is 6.19. The zero-order chi connectivity index (χ0) is 13.7. The maximum absolute atomic E-state index is 6.19. The molecule has 0 spiro atoms. The second kappa shape index (κ2) is 6.71. The Bertz CT molecular complexity index is 405.